The number of nitrogens with zero attached hydrogens (tertiary/aromatic N) is 3. The fourth-order valence-corrected chi connectivity index (χ4v) is 3.27. The van der Waals surface area contributed by atoms with Gasteiger partial charge in [0, 0.05) is 6.20 Å². The summed E-state index contributed by atoms with van der Waals surface area (Å²) in [6.45, 7) is 3.69. The second-order valence-electron chi connectivity index (χ2n) is 6.73. The van der Waals surface area contributed by atoms with Gasteiger partial charge >= 0.3 is 6.18 Å². The van der Waals surface area contributed by atoms with E-state index in [9.17, 15) is 13.2 Å². The van der Waals surface area contributed by atoms with Gasteiger partial charge < -0.3 is 4.74 Å². The van der Waals surface area contributed by atoms with Gasteiger partial charge in [-0.3, -0.25) is 0 Å². The summed E-state index contributed by atoms with van der Waals surface area (Å²) in [5, 5.41) is 0.395. The first kappa shape index (κ1) is 22.3. The standard InChI is InChI=1S/C21H18Cl2F3N3O/c1-12-19(23)18(29-13(2)28-12)5-3-4-14-6-8-16(9-7-14)30-20-17(22)10-15(11-27-20)21(24,25)26/h6-11H,3-5H2,1-2H3. The van der Waals surface area contributed by atoms with Gasteiger partial charge in [0.05, 0.1) is 22.0 Å². The van der Waals surface area contributed by atoms with Crippen molar-refractivity contribution in [2.45, 2.75) is 39.3 Å². The molecule has 0 aliphatic heterocycles. The minimum atomic E-state index is -4.51. The van der Waals surface area contributed by atoms with Crippen LogP contribution in [0.15, 0.2) is 36.5 Å². The maximum atomic E-state index is 12.7. The molecule has 0 aliphatic carbocycles. The molecule has 0 aliphatic rings. The fraction of sp³-hybridized carbons (Fsp3) is 0.286. The van der Waals surface area contributed by atoms with Crippen molar-refractivity contribution < 1.29 is 17.9 Å². The summed E-state index contributed by atoms with van der Waals surface area (Å²) in [4.78, 5) is 12.3. The number of hydrogen-bond donors (Lipinski definition) is 0. The van der Waals surface area contributed by atoms with E-state index >= 15 is 0 Å². The largest absolute Gasteiger partial charge is 0.438 e. The van der Waals surface area contributed by atoms with Gasteiger partial charge in [0.1, 0.15) is 16.6 Å². The van der Waals surface area contributed by atoms with Crippen LogP contribution in [0.4, 0.5) is 13.2 Å². The average Bonchev–Trinajstić information content (AvgIpc) is 2.67. The lowest BCUT2D eigenvalue weighted by Crippen LogP contribution is -2.05. The van der Waals surface area contributed by atoms with Crippen LogP contribution in [0, 0.1) is 13.8 Å². The molecule has 0 saturated heterocycles. The van der Waals surface area contributed by atoms with Crippen molar-refractivity contribution in [1.82, 2.24) is 15.0 Å². The maximum Gasteiger partial charge on any atom is 0.417 e. The van der Waals surface area contributed by atoms with Gasteiger partial charge in [-0.05, 0) is 56.9 Å². The Hall–Kier alpha value is -2.38. The molecule has 0 bridgehead atoms. The van der Waals surface area contributed by atoms with Crippen molar-refractivity contribution in [1.29, 1.82) is 0 Å². The van der Waals surface area contributed by atoms with Crippen LogP contribution in [-0.4, -0.2) is 15.0 Å². The SMILES string of the molecule is Cc1nc(C)c(Cl)c(CCCc2ccc(Oc3ncc(C(F)(F)F)cc3Cl)cc2)n1. The summed E-state index contributed by atoms with van der Waals surface area (Å²) in [6.07, 6.45) is -1.44. The second kappa shape index (κ2) is 9.18. The van der Waals surface area contributed by atoms with Gasteiger partial charge in [-0.15, -0.1) is 0 Å². The Bertz CT molecular complexity index is 1040. The smallest absolute Gasteiger partial charge is 0.417 e. The lowest BCUT2D eigenvalue weighted by molar-refractivity contribution is -0.137. The predicted molar refractivity (Wildman–Crippen MR) is 109 cm³/mol. The van der Waals surface area contributed by atoms with Crippen molar-refractivity contribution in [2.75, 3.05) is 0 Å². The highest BCUT2D eigenvalue weighted by molar-refractivity contribution is 6.32. The van der Waals surface area contributed by atoms with Gasteiger partial charge in [-0.1, -0.05) is 35.3 Å². The third-order valence-electron chi connectivity index (χ3n) is 4.35. The Morgan fingerprint density at radius 1 is 1.00 bits per heavy atom. The molecule has 0 unspecified atom stereocenters. The predicted octanol–water partition coefficient (Wildman–Crippen LogP) is 6.78. The molecule has 1 aromatic carbocycles. The molecule has 2 heterocycles. The molecule has 9 heteroatoms. The van der Waals surface area contributed by atoms with Gasteiger partial charge in [0.2, 0.25) is 5.88 Å². The van der Waals surface area contributed by atoms with Crippen LogP contribution in [0.3, 0.4) is 0 Å². The van der Waals surface area contributed by atoms with E-state index < -0.39 is 11.7 Å². The van der Waals surface area contributed by atoms with Crippen LogP contribution in [-0.2, 0) is 19.0 Å². The van der Waals surface area contributed by atoms with E-state index in [1.807, 2.05) is 26.0 Å². The topological polar surface area (TPSA) is 47.9 Å². The third-order valence-corrected chi connectivity index (χ3v) is 5.11. The highest BCUT2D eigenvalue weighted by atomic mass is 35.5. The zero-order valence-corrected chi connectivity index (χ0v) is 17.7. The Morgan fingerprint density at radius 2 is 1.70 bits per heavy atom. The molecular weight excluding hydrogens is 438 g/mol. The summed E-state index contributed by atoms with van der Waals surface area (Å²) in [7, 11) is 0. The molecule has 0 spiro atoms. The number of halogens is 5. The van der Waals surface area contributed by atoms with E-state index in [4.69, 9.17) is 27.9 Å². The summed E-state index contributed by atoms with van der Waals surface area (Å²) in [5.74, 6) is 1.04. The molecule has 3 rings (SSSR count). The van der Waals surface area contributed by atoms with Crippen molar-refractivity contribution in [3.05, 3.63) is 74.9 Å². The monoisotopic (exact) mass is 455 g/mol. The molecule has 158 valence electrons. The minimum absolute atomic E-state index is 0.0819. The normalized spacial score (nSPS) is 11.6. The first-order chi connectivity index (χ1) is 14.1. The molecule has 30 heavy (non-hydrogen) atoms. The average molecular weight is 456 g/mol. The Morgan fingerprint density at radius 3 is 2.33 bits per heavy atom. The Kier molecular flexibility index (Phi) is 6.83. The van der Waals surface area contributed by atoms with Crippen LogP contribution in [0.25, 0.3) is 0 Å². The first-order valence-corrected chi connectivity index (χ1v) is 9.88. The van der Waals surface area contributed by atoms with Crippen LogP contribution < -0.4 is 4.74 Å². The fourth-order valence-electron chi connectivity index (χ4n) is 2.89. The lowest BCUT2D eigenvalue weighted by Gasteiger charge is -2.10. The highest BCUT2D eigenvalue weighted by Gasteiger charge is 2.31. The van der Waals surface area contributed by atoms with Crippen LogP contribution >= 0.6 is 23.2 Å². The van der Waals surface area contributed by atoms with E-state index in [1.165, 1.54) is 0 Å². The number of hydrogen-bond acceptors (Lipinski definition) is 4. The molecule has 4 nitrogen and oxygen atoms in total. The number of aromatic nitrogens is 3. The van der Waals surface area contributed by atoms with E-state index in [1.54, 1.807) is 12.1 Å². The zero-order chi connectivity index (χ0) is 21.9. The number of ether oxygens (including phenoxy) is 1. The number of rotatable bonds is 6. The summed E-state index contributed by atoms with van der Waals surface area (Å²) >= 11 is 12.1. The van der Waals surface area contributed by atoms with E-state index in [-0.39, 0.29) is 10.9 Å². The van der Waals surface area contributed by atoms with Crippen LogP contribution in [0.1, 0.15) is 34.8 Å². The van der Waals surface area contributed by atoms with Crippen LogP contribution in [0.2, 0.25) is 10.0 Å². The molecule has 0 atom stereocenters. The van der Waals surface area contributed by atoms with Gasteiger partial charge in [-0.25, -0.2) is 15.0 Å². The molecule has 0 saturated carbocycles. The number of alkyl halides is 3. The number of aryl methyl sites for hydroxylation is 4. The zero-order valence-electron chi connectivity index (χ0n) is 16.2. The maximum absolute atomic E-state index is 12.7. The quantitative estimate of drug-likeness (QED) is 0.410. The summed E-state index contributed by atoms with van der Waals surface area (Å²) < 4.78 is 43.6. The summed E-state index contributed by atoms with van der Waals surface area (Å²) in [5.41, 5.74) is 1.76. The third kappa shape index (κ3) is 5.61. The number of pyridine rings is 1. The van der Waals surface area contributed by atoms with Gasteiger partial charge in [0.25, 0.3) is 0 Å². The van der Waals surface area contributed by atoms with Gasteiger partial charge in [0.15, 0.2) is 0 Å². The minimum Gasteiger partial charge on any atom is -0.438 e. The molecule has 0 N–H and O–H groups in total. The lowest BCUT2D eigenvalue weighted by atomic mass is 10.1. The molecule has 2 aromatic heterocycles. The molecule has 0 amide bonds. The van der Waals surface area contributed by atoms with Crippen LogP contribution in [0.5, 0.6) is 11.6 Å². The first-order valence-electron chi connectivity index (χ1n) is 9.12. The van der Waals surface area contributed by atoms with E-state index in [2.05, 4.69) is 15.0 Å². The summed E-state index contributed by atoms with van der Waals surface area (Å²) in [6, 6.07) is 7.99. The highest BCUT2D eigenvalue weighted by Crippen LogP contribution is 2.34. The second-order valence-corrected chi connectivity index (χ2v) is 7.51. The molecule has 0 radical (unpaired) electrons. The Labute approximate surface area is 182 Å². The van der Waals surface area contributed by atoms with Crippen molar-refractivity contribution in [2.24, 2.45) is 0 Å². The van der Waals surface area contributed by atoms with Crippen molar-refractivity contribution in [3.8, 4) is 11.6 Å². The molecular formula is C21H18Cl2F3N3O. The van der Waals surface area contributed by atoms with E-state index in [0.29, 0.717) is 22.8 Å². The van der Waals surface area contributed by atoms with Crippen molar-refractivity contribution >= 4 is 23.2 Å². The Balaban J connectivity index is 1.59. The molecule has 3 aromatic rings. The molecule has 0 fully saturated rings. The van der Waals surface area contributed by atoms with Gasteiger partial charge in [-0.2, -0.15) is 13.2 Å². The van der Waals surface area contributed by atoms with E-state index in [0.717, 1.165) is 42.3 Å². The van der Waals surface area contributed by atoms with Crippen molar-refractivity contribution in [3.63, 3.8) is 0 Å². The number of benzene rings is 1.